The van der Waals surface area contributed by atoms with Crippen LogP contribution < -0.4 is 0 Å². The number of benzene rings is 4. The predicted octanol–water partition coefficient (Wildman–Crippen LogP) is 7.67. The van der Waals surface area contributed by atoms with Crippen LogP contribution in [0.15, 0.2) is 83.9 Å². The second kappa shape index (κ2) is 7.42. The average molecular weight is 388 g/mol. The van der Waals surface area contributed by atoms with E-state index in [9.17, 15) is 0 Å². The first-order valence-electron chi connectivity index (χ1n) is 10.5. The van der Waals surface area contributed by atoms with Crippen LogP contribution in [0.25, 0.3) is 16.8 Å². The second-order valence-corrected chi connectivity index (χ2v) is 8.26. The van der Waals surface area contributed by atoms with E-state index in [4.69, 9.17) is 4.99 Å². The number of rotatable bonds is 3. The first kappa shape index (κ1) is 18.6. The van der Waals surface area contributed by atoms with Gasteiger partial charge in [-0.25, -0.2) is 0 Å². The summed E-state index contributed by atoms with van der Waals surface area (Å²) in [5, 5.41) is 2.49. The van der Waals surface area contributed by atoms with E-state index in [0.29, 0.717) is 0 Å². The van der Waals surface area contributed by atoms with Gasteiger partial charge < -0.3 is 0 Å². The fraction of sp³-hybridized carbons (Fsp3) is 0.138. The molecule has 146 valence electrons. The van der Waals surface area contributed by atoms with Gasteiger partial charge in [0.15, 0.2) is 0 Å². The highest BCUT2D eigenvalue weighted by Gasteiger charge is 2.21. The molecule has 0 aliphatic heterocycles. The van der Waals surface area contributed by atoms with E-state index < -0.39 is 0 Å². The molecule has 0 fully saturated rings. The van der Waals surface area contributed by atoms with E-state index in [1.165, 1.54) is 49.7 Å². The van der Waals surface area contributed by atoms with Crippen molar-refractivity contribution in [1.82, 2.24) is 0 Å². The Hall–Kier alpha value is -3.45. The van der Waals surface area contributed by atoms with Crippen LogP contribution in [-0.4, -0.2) is 6.21 Å². The standard InChI is InChI=1S/C29H25N/c1-19-16-20(2)29(21(3)17-19)30-18-28-25-11-7-5-9-23(25)13-15-27(28)26-14-12-22-8-4-6-10-24(22)26/h4-18,26H,1-3H3. The SMILES string of the molecule is Cc1cc(C)c(N=Cc2c(C3C=Cc4ccccc43)ccc3ccccc23)c(C)c1. The van der Waals surface area contributed by atoms with E-state index >= 15 is 0 Å². The summed E-state index contributed by atoms with van der Waals surface area (Å²) in [6.07, 6.45) is 6.63. The van der Waals surface area contributed by atoms with Crippen molar-refractivity contribution in [1.29, 1.82) is 0 Å². The van der Waals surface area contributed by atoms with Crippen molar-refractivity contribution in [2.24, 2.45) is 4.99 Å². The number of hydrogen-bond donors (Lipinski definition) is 0. The van der Waals surface area contributed by atoms with Gasteiger partial charge in [0.25, 0.3) is 0 Å². The van der Waals surface area contributed by atoms with Gasteiger partial charge in [-0.1, -0.05) is 90.5 Å². The topological polar surface area (TPSA) is 12.4 Å². The summed E-state index contributed by atoms with van der Waals surface area (Å²) in [5.74, 6) is 0.257. The van der Waals surface area contributed by atoms with Gasteiger partial charge in [0.05, 0.1) is 5.69 Å². The third kappa shape index (κ3) is 3.17. The van der Waals surface area contributed by atoms with Crippen LogP contribution in [-0.2, 0) is 0 Å². The maximum Gasteiger partial charge on any atom is 0.0688 e. The Labute approximate surface area is 178 Å². The minimum Gasteiger partial charge on any atom is -0.256 e. The maximum atomic E-state index is 5.01. The quantitative estimate of drug-likeness (QED) is 0.320. The molecule has 1 aliphatic rings. The summed E-state index contributed by atoms with van der Waals surface area (Å²) >= 11 is 0. The van der Waals surface area contributed by atoms with Crippen molar-refractivity contribution < 1.29 is 0 Å². The Morgan fingerprint density at radius 3 is 2.33 bits per heavy atom. The number of nitrogens with zero attached hydrogens (tertiary/aromatic N) is 1. The monoisotopic (exact) mass is 387 g/mol. The van der Waals surface area contributed by atoms with Crippen molar-refractivity contribution in [3.05, 3.63) is 118 Å². The van der Waals surface area contributed by atoms with Gasteiger partial charge in [-0.2, -0.15) is 0 Å². The van der Waals surface area contributed by atoms with E-state index in [1.807, 2.05) is 0 Å². The average Bonchev–Trinajstić information content (AvgIpc) is 3.17. The minimum absolute atomic E-state index is 0.257. The van der Waals surface area contributed by atoms with Gasteiger partial charge >= 0.3 is 0 Å². The summed E-state index contributed by atoms with van der Waals surface area (Å²) in [6, 6.07) is 26.2. The third-order valence-corrected chi connectivity index (χ3v) is 6.10. The Morgan fingerprint density at radius 2 is 1.50 bits per heavy atom. The van der Waals surface area contributed by atoms with Crippen LogP contribution >= 0.6 is 0 Å². The maximum absolute atomic E-state index is 5.01. The molecular weight excluding hydrogens is 362 g/mol. The molecular formula is C29H25N. The van der Waals surface area contributed by atoms with Crippen LogP contribution in [0.5, 0.6) is 0 Å². The Kier molecular flexibility index (Phi) is 4.59. The number of allylic oxidation sites excluding steroid dienone is 1. The molecule has 0 bridgehead atoms. The lowest BCUT2D eigenvalue weighted by atomic mass is 9.87. The van der Waals surface area contributed by atoms with Crippen LogP contribution in [0, 0.1) is 20.8 Å². The lowest BCUT2D eigenvalue weighted by Gasteiger charge is -2.17. The zero-order valence-electron chi connectivity index (χ0n) is 17.7. The highest BCUT2D eigenvalue weighted by Crippen LogP contribution is 2.38. The third-order valence-electron chi connectivity index (χ3n) is 6.10. The summed E-state index contributed by atoms with van der Waals surface area (Å²) in [4.78, 5) is 5.01. The highest BCUT2D eigenvalue weighted by molar-refractivity contribution is 6.02. The van der Waals surface area contributed by atoms with E-state index in [2.05, 4.69) is 112 Å². The van der Waals surface area contributed by atoms with E-state index in [0.717, 1.165) is 5.69 Å². The van der Waals surface area contributed by atoms with Crippen LogP contribution in [0.4, 0.5) is 5.69 Å². The minimum atomic E-state index is 0.257. The van der Waals surface area contributed by atoms with Crippen molar-refractivity contribution >= 4 is 28.8 Å². The van der Waals surface area contributed by atoms with Crippen molar-refractivity contribution in [2.45, 2.75) is 26.7 Å². The molecule has 0 aromatic heterocycles. The number of hydrogen-bond acceptors (Lipinski definition) is 1. The van der Waals surface area contributed by atoms with Crippen molar-refractivity contribution in [2.75, 3.05) is 0 Å². The molecule has 1 aliphatic carbocycles. The van der Waals surface area contributed by atoms with Crippen molar-refractivity contribution in [3.8, 4) is 0 Å². The molecule has 0 N–H and O–H groups in total. The van der Waals surface area contributed by atoms with Gasteiger partial charge in [-0.15, -0.1) is 0 Å². The normalized spacial score (nSPS) is 15.2. The molecule has 1 nitrogen and oxygen atoms in total. The summed E-state index contributed by atoms with van der Waals surface area (Å²) in [6.45, 7) is 6.43. The van der Waals surface area contributed by atoms with E-state index in [1.54, 1.807) is 0 Å². The fourth-order valence-corrected chi connectivity index (χ4v) is 4.75. The molecule has 1 unspecified atom stereocenters. The molecule has 30 heavy (non-hydrogen) atoms. The first-order chi connectivity index (χ1) is 14.6. The molecule has 5 rings (SSSR count). The van der Waals surface area contributed by atoms with Gasteiger partial charge in [0.1, 0.15) is 0 Å². The zero-order chi connectivity index (χ0) is 20.7. The number of aryl methyl sites for hydroxylation is 3. The Balaban J connectivity index is 1.70. The van der Waals surface area contributed by atoms with Crippen LogP contribution in [0.2, 0.25) is 0 Å². The Bertz CT molecular complexity index is 1300. The van der Waals surface area contributed by atoms with Gasteiger partial charge in [0.2, 0.25) is 0 Å². The smallest absolute Gasteiger partial charge is 0.0688 e. The van der Waals surface area contributed by atoms with Crippen molar-refractivity contribution in [3.63, 3.8) is 0 Å². The lowest BCUT2D eigenvalue weighted by molar-refractivity contribution is 1.05. The molecule has 4 aromatic rings. The van der Waals surface area contributed by atoms with E-state index in [-0.39, 0.29) is 5.92 Å². The fourth-order valence-electron chi connectivity index (χ4n) is 4.75. The van der Waals surface area contributed by atoms with Gasteiger partial charge in [0, 0.05) is 17.7 Å². The lowest BCUT2D eigenvalue weighted by Crippen LogP contribution is -2.02. The summed E-state index contributed by atoms with van der Waals surface area (Å²) < 4.78 is 0. The molecule has 0 heterocycles. The van der Waals surface area contributed by atoms with Gasteiger partial charge in [-0.3, -0.25) is 4.99 Å². The van der Waals surface area contributed by atoms with Crippen LogP contribution in [0.1, 0.15) is 44.9 Å². The summed E-state index contributed by atoms with van der Waals surface area (Å²) in [7, 11) is 0. The molecule has 4 aromatic carbocycles. The molecule has 0 radical (unpaired) electrons. The van der Waals surface area contributed by atoms with Crippen LogP contribution in [0.3, 0.4) is 0 Å². The summed E-state index contributed by atoms with van der Waals surface area (Å²) in [5.41, 5.74) is 9.98. The first-order valence-corrected chi connectivity index (χ1v) is 10.5. The second-order valence-electron chi connectivity index (χ2n) is 8.26. The zero-order valence-corrected chi connectivity index (χ0v) is 17.7. The largest absolute Gasteiger partial charge is 0.256 e. The highest BCUT2D eigenvalue weighted by atomic mass is 14.7. The number of aliphatic imine (C=N–C) groups is 1. The number of fused-ring (bicyclic) bond motifs is 2. The molecule has 0 saturated carbocycles. The Morgan fingerprint density at radius 1 is 0.767 bits per heavy atom. The molecule has 0 spiro atoms. The molecule has 1 atom stereocenters. The predicted molar refractivity (Wildman–Crippen MR) is 129 cm³/mol. The molecule has 0 amide bonds. The van der Waals surface area contributed by atoms with Gasteiger partial charge in [-0.05, 0) is 59.4 Å². The molecule has 0 saturated heterocycles. The molecule has 1 heteroatoms.